The molecule has 5 heteroatoms. The molecule has 0 fully saturated rings. The molecule has 0 aliphatic heterocycles. The summed E-state index contributed by atoms with van der Waals surface area (Å²) in [5, 5.41) is 8.49. The van der Waals surface area contributed by atoms with Gasteiger partial charge in [0.05, 0.1) is 6.42 Å². The fraction of sp³-hybridized carbons (Fsp3) is 0.444. The Labute approximate surface area is 82.4 Å². The normalized spacial score (nSPS) is 9.86. The quantitative estimate of drug-likeness (QED) is 0.765. The summed E-state index contributed by atoms with van der Waals surface area (Å²) in [6.45, 7) is 2.32. The lowest BCUT2D eigenvalue weighted by Crippen LogP contribution is -2.22. The third-order valence-electron chi connectivity index (χ3n) is 1.77. The minimum atomic E-state index is -0.816. The largest absolute Gasteiger partial charge is 0.481 e. The second kappa shape index (κ2) is 4.55. The number of hydrogen-bond acceptors (Lipinski definition) is 4. The molecule has 0 aliphatic rings. The van der Waals surface area contributed by atoms with Crippen LogP contribution in [0.1, 0.15) is 12.0 Å². The smallest absolute Gasteiger partial charge is 0.305 e. The second-order valence-electron chi connectivity index (χ2n) is 3.13. The van der Waals surface area contributed by atoms with E-state index < -0.39 is 5.97 Å². The highest BCUT2D eigenvalue weighted by Gasteiger charge is 2.05. The van der Waals surface area contributed by atoms with Crippen LogP contribution in [0.3, 0.4) is 0 Å². The summed E-state index contributed by atoms with van der Waals surface area (Å²) < 4.78 is 0. The van der Waals surface area contributed by atoms with E-state index in [1.165, 1.54) is 0 Å². The highest BCUT2D eigenvalue weighted by atomic mass is 16.4. The maximum atomic E-state index is 10.3. The van der Waals surface area contributed by atoms with Crippen molar-refractivity contribution < 1.29 is 9.90 Å². The van der Waals surface area contributed by atoms with Gasteiger partial charge in [0.1, 0.15) is 0 Å². The van der Waals surface area contributed by atoms with E-state index in [0.717, 1.165) is 5.56 Å². The number of aromatic nitrogens is 2. The molecule has 0 saturated carbocycles. The van der Waals surface area contributed by atoms with Crippen LogP contribution in [0.15, 0.2) is 12.4 Å². The first-order chi connectivity index (χ1) is 6.59. The van der Waals surface area contributed by atoms with Crippen LogP contribution < -0.4 is 4.90 Å². The molecular formula is C9H13N3O2. The van der Waals surface area contributed by atoms with E-state index in [9.17, 15) is 4.79 Å². The van der Waals surface area contributed by atoms with Crippen LogP contribution in [0, 0.1) is 6.92 Å². The first-order valence-corrected chi connectivity index (χ1v) is 4.31. The average Bonchev–Trinajstić information content (AvgIpc) is 2.15. The molecule has 1 aromatic rings. The van der Waals surface area contributed by atoms with Crippen molar-refractivity contribution in [3.8, 4) is 0 Å². The predicted molar refractivity (Wildman–Crippen MR) is 52.3 cm³/mol. The van der Waals surface area contributed by atoms with Gasteiger partial charge in [0.2, 0.25) is 5.95 Å². The van der Waals surface area contributed by atoms with Gasteiger partial charge in [0, 0.05) is 26.0 Å². The highest BCUT2D eigenvalue weighted by Crippen LogP contribution is 2.04. The van der Waals surface area contributed by atoms with Crippen LogP contribution in [-0.4, -0.2) is 34.6 Å². The van der Waals surface area contributed by atoms with E-state index in [-0.39, 0.29) is 6.42 Å². The van der Waals surface area contributed by atoms with Gasteiger partial charge in [0.25, 0.3) is 0 Å². The van der Waals surface area contributed by atoms with E-state index in [1.807, 2.05) is 6.92 Å². The molecule has 1 N–H and O–H groups in total. The van der Waals surface area contributed by atoms with Gasteiger partial charge >= 0.3 is 5.97 Å². The Hall–Kier alpha value is -1.65. The summed E-state index contributed by atoms with van der Waals surface area (Å²) in [7, 11) is 1.77. The number of rotatable bonds is 4. The van der Waals surface area contributed by atoms with Crippen molar-refractivity contribution in [2.45, 2.75) is 13.3 Å². The Morgan fingerprint density at radius 2 is 2.07 bits per heavy atom. The molecule has 1 aromatic heterocycles. The summed E-state index contributed by atoms with van der Waals surface area (Å²) in [4.78, 5) is 20.2. The Bertz CT molecular complexity index is 310. The van der Waals surface area contributed by atoms with Gasteiger partial charge in [-0.3, -0.25) is 4.79 Å². The molecule has 1 rings (SSSR count). The molecule has 76 valence electrons. The number of carboxylic acid groups (broad SMARTS) is 1. The third-order valence-corrected chi connectivity index (χ3v) is 1.77. The lowest BCUT2D eigenvalue weighted by molar-refractivity contribution is -0.136. The Kier molecular flexibility index (Phi) is 3.39. The van der Waals surface area contributed by atoms with E-state index in [1.54, 1.807) is 24.3 Å². The molecule has 0 aliphatic carbocycles. The van der Waals surface area contributed by atoms with Crippen molar-refractivity contribution in [1.29, 1.82) is 0 Å². The van der Waals surface area contributed by atoms with E-state index in [2.05, 4.69) is 9.97 Å². The average molecular weight is 195 g/mol. The van der Waals surface area contributed by atoms with Crippen LogP contribution in [-0.2, 0) is 4.79 Å². The van der Waals surface area contributed by atoms with Crippen molar-refractivity contribution in [2.24, 2.45) is 0 Å². The summed E-state index contributed by atoms with van der Waals surface area (Å²) in [5.41, 5.74) is 0.986. The fourth-order valence-electron chi connectivity index (χ4n) is 0.946. The van der Waals surface area contributed by atoms with Crippen molar-refractivity contribution in [3.05, 3.63) is 18.0 Å². The van der Waals surface area contributed by atoms with Gasteiger partial charge in [-0.1, -0.05) is 0 Å². The number of hydrogen-bond donors (Lipinski definition) is 1. The standard InChI is InChI=1S/C9H13N3O2/c1-7-5-10-9(11-6-7)12(2)4-3-8(13)14/h5-6H,3-4H2,1-2H3,(H,13,14). The summed E-state index contributed by atoms with van der Waals surface area (Å²) >= 11 is 0. The molecule has 0 atom stereocenters. The minimum Gasteiger partial charge on any atom is -0.481 e. The first kappa shape index (κ1) is 10.4. The molecule has 0 radical (unpaired) electrons. The molecule has 5 nitrogen and oxygen atoms in total. The third kappa shape index (κ3) is 3.01. The maximum absolute atomic E-state index is 10.3. The molecule has 0 saturated heterocycles. The zero-order valence-electron chi connectivity index (χ0n) is 8.27. The van der Waals surface area contributed by atoms with Crippen LogP contribution in [0.2, 0.25) is 0 Å². The second-order valence-corrected chi connectivity index (χ2v) is 3.13. The molecule has 0 amide bonds. The molecule has 0 spiro atoms. The van der Waals surface area contributed by atoms with Crippen LogP contribution in [0.5, 0.6) is 0 Å². The topological polar surface area (TPSA) is 66.3 Å². The van der Waals surface area contributed by atoms with E-state index in [0.29, 0.717) is 12.5 Å². The summed E-state index contributed by atoms with van der Waals surface area (Å²) in [6, 6.07) is 0. The highest BCUT2D eigenvalue weighted by molar-refractivity contribution is 5.67. The number of carbonyl (C=O) groups is 1. The van der Waals surface area contributed by atoms with Crippen molar-refractivity contribution >= 4 is 11.9 Å². The van der Waals surface area contributed by atoms with Gasteiger partial charge in [-0.05, 0) is 12.5 Å². The van der Waals surface area contributed by atoms with Gasteiger partial charge < -0.3 is 10.0 Å². The number of aliphatic carboxylic acids is 1. The van der Waals surface area contributed by atoms with Gasteiger partial charge in [0.15, 0.2) is 0 Å². The Morgan fingerprint density at radius 1 is 1.50 bits per heavy atom. The summed E-state index contributed by atoms with van der Waals surface area (Å²) in [5.74, 6) is -0.263. The number of nitrogens with zero attached hydrogens (tertiary/aromatic N) is 3. The van der Waals surface area contributed by atoms with Crippen molar-refractivity contribution in [3.63, 3.8) is 0 Å². The summed E-state index contributed by atoms with van der Waals surface area (Å²) in [6.07, 6.45) is 3.51. The van der Waals surface area contributed by atoms with Crippen molar-refractivity contribution in [2.75, 3.05) is 18.5 Å². The molecule has 1 heterocycles. The molecule has 0 aromatic carbocycles. The van der Waals surface area contributed by atoms with Crippen LogP contribution in [0.4, 0.5) is 5.95 Å². The first-order valence-electron chi connectivity index (χ1n) is 4.31. The van der Waals surface area contributed by atoms with Crippen molar-refractivity contribution in [1.82, 2.24) is 9.97 Å². The number of carboxylic acids is 1. The Balaban J connectivity index is 2.56. The van der Waals surface area contributed by atoms with Crippen LogP contribution in [0.25, 0.3) is 0 Å². The monoisotopic (exact) mass is 195 g/mol. The van der Waals surface area contributed by atoms with Crippen LogP contribution >= 0.6 is 0 Å². The SMILES string of the molecule is Cc1cnc(N(C)CCC(=O)O)nc1. The lowest BCUT2D eigenvalue weighted by atomic mass is 10.4. The van der Waals surface area contributed by atoms with E-state index in [4.69, 9.17) is 5.11 Å². The maximum Gasteiger partial charge on any atom is 0.305 e. The molecular weight excluding hydrogens is 182 g/mol. The zero-order valence-corrected chi connectivity index (χ0v) is 8.27. The molecule has 0 unspecified atom stereocenters. The fourth-order valence-corrected chi connectivity index (χ4v) is 0.946. The zero-order chi connectivity index (χ0) is 10.6. The molecule has 14 heavy (non-hydrogen) atoms. The van der Waals surface area contributed by atoms with Gasteiger partial charge in [-0.25, -0.2) is 9.97 Å². The number of anilines is 1. The van der Waals surface area contributed by atoms with E-state index >= 15 is 0 Å². The predicted octanol–water partition coefficient (Wildman–Crippen LogP) is 0.696. The number of aryl methyl sites for hydroxylation is 1. The molecule has 0 bridgehead atoms. The van der Waals surface area contributed by atoms with Gasteiger partial charge in [-0.15, -0.1) is 0 Å². The lowest BCUT2D eigenvalue weighted by Gasteiger charge is -2.15. The van der Waals surface area contributed by atoms with Gasteiger partial charge in [-0.2, -0.15) is 0 Å². The Morgan fingerprint density at radius 3 is 2.57 bits per heavy atom. The minimum absolute atomic E-state index is 0.0910.